The van der Waals surface area contributed by atoms with Crippen molar-refractivity contribution in [3.8, 4) is 0 Å². The Kier molecular flexibility index (Phi) is 5.58. The maximum absolute atomic E-state index is 12.9. The van der Waals surface area contributed by atoms with Crippen molar-refractivity contribution in [3.05, 3.63) is 75.5 Å². The zero-order chi connectivity index (χ0) is 20.5. The predicted octanol–water partition coefficient (Wildman–Crippen LogP) is 4.75. The lowest BCUT2D eigenvalue weighted by atomic mass is 10.1. The fourth-order valence-electron chi connectivity index (χ4n) is 2.83. The van der Waals surface area contributed by atoms with E-state index in [1.165, 1.54) is 22.8 Å². The topological polar surface area (TPSA) is 66.5 Å². The highest BCUT2D eigenvalue weighted by atomic mass is 32.2. The lowest BCUT2D eigenvalue weighted by Gasteiger charge is -2.19. The number of benzene rings is 2. The first-order valence-electron chi connectivity index (χ1n) is 8.71. The minimum atomic E-state index is -3.74. The molecule has 28 heavy (non-hydrogen) atoms. The summed E-state index contributed by atoms with van der Waals surface area (Å²) in [6, 6.07) is 14.4. The Morgan fingerprint density at radius 1 is 1.00 bits per heavy atom. The SMILES string of the molecule is Cc1cccc(N(C)S(=O)(=O)c2csc(C(=O)Nc3ccc(C)cc3C)c2)c1. The third-order valence-electron chi connectivity index (χ3n) is 4.45. The average Bonchev–Trinajstić information content (AvgIpc) is 3.14. The Morgan fingerprint density at radius 2 is 1.71 bits per heavy atom. The van der Waals surface area contributed by atoms with Crippen LogP contribution in [0, 0.1) is 20.8 Å². The van der Waals surface area contributed by atoms with Crippen LogP contribution in [0.5, 0.6) is 0 Å². The van der Waals surface area contributed by atoms with Gasteiger partial charge in [-0.05, 0) is 56.2 Å². The maximum atomic E-state index is 12.9. The number of sulfonamides is 1. The second-order valence-corrected chi connectivity index (χ2v) is 9.61. The van der Waals surface area contributed by atoms with Crippen molar-refractivity contribution >= 4 is 38.6 Å². The molecule has 0 aliphatic rings. The van der Waals surface area contributed by atoms with E-state index >= 15 is 0 Å². The Morgan fingerprint density at radius 3 is 2.39 bits per heavy atom. The zero-order valence-electron chi connectivity index (χ0n) is 16.2. The first-order chi connectivity index (χ1) is 13.2. The van der Waals surface area contributed by atoms with Crippen molar-refractivity contribution in [1.82, 2.24) is 0 Å². The Bertz CT molecular complexity index is 1130. The van der Waals surface area contributed by atoms with Crippen LogP contribution in [0.2, 0.25) is 0 Å². The van der Waals surface area contributed by atoms with E-state index in [2.05, 4.69) is 5.32 Å². The van der Waals surface area contributed by atoms with E-state index in [-0.39, 0.29) is 10.8 Å². The molecule has 3 rings (SSSR count). The van der Waals surface area contributed by atoms with Gasteiger partial charge in [-0.2, -0.15) is 0 Å². The van der Waals surface area contributed by atoms with Gasteiger partial charge >= 0.3 is 0 Å². The van der Waals surface area contributed by atoms with Gasteiger partial charge in [0.15, 0.2) is 0 Å². The van der Waals surface area contributed by atoms with E-state index in [1.807, 2.05) is 51.1 Å². The highest BCUT2D eigenvalue weighted by Crippen LogP contribution is 2.27. The summed E-state index contributed by atoms with van der Waals surface area (Å²) in [5.74, 6) is -0.323. The largest absolute Gasteiger partial charge is 0.321 e. The van der Waals surface area contributed by atoms with Crippen molar-refractivity contribution < 1.29 is 13.2 Å². The van der Waals surface area contributed by atoms with Gasteiger partial charge in [0.25, 0.3) is 15.9 Å². The third-order valence-corrected chi connectivity index (χ3v) is 7.29. The summed E-state index contributed by atoms with van der Waals surface area (Å²) in [4.78, 5) is 13.0. The van der Waals surface area contributed by atoms with E-state index in [9.17, 15) is 13.2 Å². The van der Waals surface area contributed by atoms with Crippen LogP contribution in [0.25, 0.3) is 0 Å². The highest BCUT2D eigenvalue weighted by molar-refractivity contribution is 7.93. The number of carbonyl (C=O) groups is 1. The first kappa shape index (κ1) is 20.1. The van der Waals surface area contributed by atoms with E-state index in [4.69, 9.17) is 0 Å². The minimum Gasteiger partial charge on any atom is -0.321 e. The predicted molar refractivity (Wildman–Crippen MR) is 115 cm³/mol. The molecule has 0 atom stereocenters. The number of rotatable bonds is 5. The second-order valence-electron chi connectivity index (χ2n) is 6.73. The molecular weight excluding hydrogens is 392 g/mol. The normalized spacial score (nSPS) is 11.3. The summed E-state index contributed by atoms with van der Waals surface area (Å²) in [5, 5.41) is 4.35. The molecule has 1 heterocycles. The fourth-order valence-corrected chi connectivity index (χ4v) is 5.18. The lowest BCUT2D eigenvalue weighted by Crippen LogP contribution is -2.26. The molecule has 0 spiro atoms. The molecule has 0 saturated heterocycles. The molecule has 1 amide bonds. The summed E-state index contributed by atoms with van der Waals surface area (Å²) in [6.07, 6.45) is 0. The highest BCUT2D eigenvalue weighted by Gasteiger charge is 2.24. The van der Waals surface area contributed by atoms with Crippen LogP contribution < -0.4 is 9.62 Å². The molecule has 0 fully saturated rings. The van der Waals surface area contributed by atoms with E-state index in [0.29, 0.717) is 16.3 Å². The smallest absolute Gasteiger partial charge is 0.265 e. The lowest BCUT2D eigenvalue weighted by molar-refractivity contribution is 0.103. The summed E-state index contributed by atoms with van der Waals surface area (Å²) < 4.78 is 27.1. The first-order valence-corrected chi connectivity index (χ1v) is 11.0. The number of thiophene rings is 1. The van der Waals surface area contributed by atoms with E-state index in [1.54, 1.807) is 12.1 Å². The van der Waals surface area contributed by atoms with Crippen LogP contribution in [-0.4, -0.2) is 21.4 Å². The molecule has 0 saturated carbocycles. The fraction of sp³-hybridized carbons (Fsp3) is 0.190. The summed E-state index contributed by atoms with van der Waals surface area (Å²) in [6.45, 7) is 5.81. The van der Waals surface area contributed by atoms with E-state index < -0.39 is 10.0 Å². The van der Waals surface area contributed by atoms with Crippen LogP contribution in [0.3, 0.4) is 0 Å². The van der Waals surface area contributed by atoms with Gasteiger partial charge < -0.3 is 5.32 Å². The number of nitrogens with one attached hydrogen (secondary N) is 1. The number of aryl methyl sites for hydroxylation is 3. The molecular formula is C21H22N2O3S2. The molecule has 0 unspecified atom stereocenters. The Hall–Kier alpha value is -2.64. The number of nitrogens with zero attached hydrogens (tertiary/aromatic N) is 1. The van der Waals surface area contributed by atoms with Gasteiger partial charge in [-0.25, -0.2) is 8.42 Å². The molecule has 2 aromatic carbocycles. The molecule has 0 aliphatic carbocycles. The summed E-state index contributed by atoms with van der Waals surface area (Å²) >= 11 is 1.11. The molecule has 1 N–H and O–H groups in total. The van der Waals surface area contributed by atoms with Gasteiger partial charge in [0.1, 0.15) is 0 Å². The quantitative estimate of drug-likeness (QED) is 0.655. The number of amides is 1. The van der Waals surface area contributed by atoms with E-state index in [0.717, 1.165) is 28.0 Å². The van der Waals surface area contributed by atoms with Gasteiger partial charge in [0, 0.05) is 18.1 Å². The Labute approximate surface area is 169 Å². The van der Waals surface area contributed by atoms with Crippen molar-refractivity contribution in [2.45, 2.75) is 25.7 Å². The number of hydrogen-bond donors (Lipinski definition) is 1. The third kappa shape index (κ3) is 4.10. The van der Waals surface area contributed by atoms with Crippen LogP contribution in [0.4, 0.5) is 11.4 Å². The molecule has 0 aliphatic heterocycles. The van der Waals surface area contributed by atoms with Gasteiger partial charge in [0.05, 0.1) is 15.5 Å². The molecule has 146 valence electrons. The van der Waals surface area contributed by atoms with Gasteiger partial charge in [-0.3, -0.25) is 9.10 Å². The minimum absolute atomic E-state index is 0.104. The molecule has 0 radical (unpaired) electrons. The molecule has 1 aromatic heterocycles. The van der Waals surface area contributed by atoms with Gasteiger partial charge in [0.2, 0.25) is 0 Å². The Balaban J connectivity index is 1.83. The second kappa shape index (κ2) is 7.77. The van der Waals surface area contributed by atoms with Crippen LogP contribution in [0.1, 0.15) is 26.4 Å². The average molecular weight is 415 g/mol. The number of hydrogen-bond acceptors (Lipinski definition) is 4. The van der Waals surface area contributed by atoms with Gasteiger partial charge in [-0.15, -0.1) is 11.3 Å². The standard InChI is InChI=1S/C21H22N2O3S2/c1-14-6-5-7-17(11-14)23(4)28(25,26)18-12-20(27-13-18)21(24)22-19-9-8-15(2)10-16(19)3/h5-13H,1-4H3,(H,22,24). The van der Waals surface area contributed by atoms with Crippen LogP contribution >= 0.6 is 11.3 Å². The monoisotopic (exact) mass is 414 g/mol. The number of carbonyl (C=O) groups excluding carboxylic acids is 1. The van der Waals surface area contributed by atoms with Crippen molar-refractivity contribution in [2.24, 2.45) is 0 Å². The molecule has 7 heteroatoms. The van der Waals surface area contributed by atoms with Crippen LogP contribution in [0.15, 0.2) is 58.8 Å². The van der Waals surface area contributed by atoms with Crippen molar-refractivity contribution in [1.29, 1.82) is 0 Å². The number of anilines is 2. The molecule has 3 aromatic rings. The summed E-state index contributed by atoms with van der Waals surface area (Å²) in [5.41, 5.74) is 4.33. The van der Waals surface area contributed by atoms with Crippen molar-refractivity contribution in [3.63, 3.8) is 0 Å². The summed E-state index contributed by atoms with van der Waals surface area (Å²) in [7, 11) is -2.23. The zero-order valence-corrected chi connectivity index (χ0v) is 17.8. The molecule has 5 nitrogen and oxygen atoms in total. The maximum Gasteiger partial charge on any atom is 0.265 e. The van der Waals surface area contributed by atoms with Gasteiger partial charge in [-0.1, -0.05) is 29.8 Å². The van der Waals surface area contributed by atoms with Crippen LogP contribution in [-0.2, 0) is 10.0 Å². The molecule has 0 bridgehead atoms. The van der Waals surface area contributed by atoms with Crippen molar-refractivity contribution in [2.75, 3.05) is 16.7 Å².